The van der Waals surface area contributed by atoms with Gasteiger partial charge >= 0.3 is 12.1 Å². The van der Waals surface area contributed by atoms with Crippen LogP contribution in [0.1, 0.15) is 58.6 Å². The van der Waals surface area contributed by atoms with E-state index in [0.717, 1.165) is 11.1 Å². The van der Waals surface area contributed by atoms with E-state index in [1.54, 1.807) is 20.8 Å². The van der Waals surface area contributed by atoms with Gasteiger partial charge in [-0.2, -0.15) is 0 Å². The molecule has 0 aliphatic rings. The van der Waals surface area contributed by atoms with E-state index in [9.17, 15) is 19.5 Å². The van der Waals surface area contributed by atoms with Gasteiger partial charge in [0.05, 0.1) is 11.0 Å². The van der Waals surface area contributed by atoms with Gasteiger partial charge in [0.15, 0.2) is 0 Å². The Labute approximate surface area is 236 Å². The molecule has 9 heteroatoms. The van der Waals surface area contributed by atoms with E-state index in [1.165, 1.54) is 0 Å². The van der Waals surface area contributed by atoms with E-state index in [2.05, 4.69) is 16.0 Å². The van der Waals surface area contributed by atoms with Gasteiger partial charge in [0.2, 0.25) is 5.91 Å². The standard InChI is InChI=1S/C30H41N3O5S/c1-20(2)18-25(28(35)36)31-26(34)24(19-22-14-10-7-11-15-22)32-27(39)23(33-29(37)38-30(3,4)5)17-16-21-12-8-6-9-13-21/h6-15,20,23-25H,16-19H2,1-5H3,(H,31,34)(H,32,39)(H,33,37)(H,35,36)/t23-,24+,25+/m1/s1. The Morgan fingerprint density at radius 2 is 1.41 bits per heavy atom. The highest BCUT2D eigenvalue weighted by atomic mass is 32.1. The number of aliphatic carboxylic acids is 1. The summed E-state index contributed by atoms with van der Waals surface area (Å²) in [5.74, 6) is -1.49. The maximum absolute atomic E-state index is 13.4. The monoisotopic (exact) mass is 555 g/mol. The van der Waals surface area contributed by atoms with Crippen molar-refractivity contribution in [2.45, 2.75) is 84.0 Å². The van der Waals surface area contributed by atoms with Gasteiger partial charge in [-0.25, -0.2) is 9.59 Å². The lowest BCUT2D eigenvalue weighted by atomic mass is 10.0. The molecule has 0 spiro atoms. The number of hydrogen-bond donors (Lipinski definition) is 4. The molecule has 0 aromatic heterocycles. The summed E-state index contributed by atoms with van der Waals surface area (Å²) in [6.45, 7) is 9.13. The fraction of sp³-hybridized carbons (Fsp3) is 0.467. The van der Waals surface area contributed by atoms with Crippen LogP contribution in [-0.4, -0.2) is 51.8 Å². The number of carbonyl (C=O) groups excluding carboxylic acids is 2. The summed E-state index contributed by atoms with van der Waals surface area (Å²) < 4.78 is 5.45. The van der Waals surface area contributed by atoms with Crippen molar-refractivity contribution in [3.63, 3.8) is 0 Å². The van der Waals surface area contributed by atoms with Gasteiger partial charge in [0.25, 0.3) is 0 Å². The van der Waals surface area contributed by atoms with Crippen molar-refractivity contribution in [1.82, 2.24) is 16.0 Å². The molecule has 2 aromatic carbocycles. The van der Waals surface area contributed by atoms with Crippen molar-refractivity contribution in [1.29, 1.82) is 0 Å². The molecule has 4 N–H and O–H groups in total. The molecular weight excluding hydrogens is 514 g/mol. The van der Waals surface area contributed by atoms with Gasteiger partial charge in [0.1, 0.15) is 17.7 Å². The normalized spacial score (nSPS) is 13.6. The first-order valence-corrected chi connectivity index (χ1v) is 13.7. The number of thiocarbonyl (C=S) groups is 1. The topological polar surface area (TPSA) is 117 Å². The second-order valence-electron chi connectivity index (χ2n) is 11.0. The molecule has 8 nitrogen and oxygen atoms in total. The molecule has 3 atom stereocenters. The number of rotatable bonds is 13. The van der Waals surface area contributed by atoms with Crippen LogP contribution in [0, 0.1) is 5.92 Å². The number of amides is 2. The Bertz CT molecular complexity index is 1090. The van der Waals surface area contributed by atoms with Crippen molar-refractivity contribution in [2.24, 2.45) is 5.92 Å². The van der Waals surface area contributed by atoms with Crippen LogP contribution in [0.2, 0.25) is 0 Å². The number of carboxylic acid groups (broad SMARTS) is 1. The summed E-state index contributed by atoms with van der Waals surface area (Å²) >= 11 is 5.72. The fourth-order valence-electron chi connectivity index (χ4n) is 3.97. The number of benzene rings is 2. The van der Waals surface area contributed by atoms with Gasteiger partial charge in [-0.3, -0.25) is 4.79 Å². The summed E-state index contributed by atoms with van der Waals surface area (Å²) in [6, 6.07) is 16.7. The van der Waals surface area contributed by atoms with E-state index >= 15 is 0 Å². The highest BCUT2D eigenvalue weighted by molar-refractivity contribution is 7.80. The van der Waals surface area contributed by atoms with Crippen LogP contribution >= 0.6 is 12.2 Å². The molecule has 0 heterocycles. The molecule has 0 fully saturated rings. The predicted molar refractivity (Wildman–Crippen MR) is 157 cm³/mol. The minimum Gasteiger partial charge on any atom is -0.480 e. The van der Waals surface area contributed by atoms with Crippen molar-refractivity contribution < 1.29 is 24.2 Å². The molecule has 0 radical (unpaired) electrons. The van der Waals surface area contributed by atoms with Gasteiger partial charge < -0.3 is 25.8 Å². The number of alkyl carbamates (subject to hydrolysis) is 1. The molecule has 0 aliphatic heterocycles. The average molecular weight is 556 g/mol. The Morgan fingerprint density at radius 1 is 0.846 bits per heavy atom. The number of carbonyl (C=O) groups is 3. The molecule has 212 valence electrons. The first kappa shape index (κ1) is 31.8. The molecule has 0 saturated heterocycles. The van der Waals surface area contributed by atoms with E-state index in [1.807, 2.05) is 74.5 Å². The van der Waals surface area contributed by atoms with Crippen LogP contribution < -0.4 is 16.0 Å². The largest absolute Gasteiger partial charge is 0.480 e. The Kier molecular flexibility index (Phi) is 12.4. The molecule has 2 rings (SSSR count). The number of ether oxygens (including phenoxy) is 1. The third kappa shape index (κ3) is 12.3. The van der Waals surface area contributed by atoms with Crippen LogP contribution in [0.15, 0.2) is 60.7 Å². The van der Waals surface area contributed by atoms with Crippen LogP contribution in [0.4, 0.5) is 4.79 Å². The van der Waals surface area contributed by atoms with E-state index in [4.69, 9.17) is 17.0 Å². The highest BCUT2D eigenvalue weighted by Gasteiger charge is 2.29. The maximum atomic E-state index is 13.4. The van der Waals surface area contributed by atoms with E-state index in [0.29, 0.717) is 19.3 Å². The lowest BCUT2D eigenvalue weighted by Gasteiger charge is -2.28. The van der Waals surface area contributed by atoms with Crippen molar-refractivity contribution >= 4 is 35.2 Å². The summed E-state index contributed by atoms with van der Waals surface area (Å²) in [4.78, 5) is 38.1. The van der Waals surface area contributed by atoms with Gasteiger partial charge in [0, 0.05) is 6.42 Å². The number of aryl methyl sites for hydroxylation is 1. The number of hydrogen-bond acceptors (Lipinski definition) is 5. The molecule has 0 bridgehead atoms. The molecule has 39 heavy (non-hydrogen) atoms. The minimum atomic E-state index is -1.09. The minimum absolute atomic E-state index is 0.0772. The van der Waals surface area contributed by atoms with Gasteiger partial charge in [-0.1, -0.05) is 86.7 Å². The smallest absolute Gasteiger partial charge is 0.408 e. The second-order valence-corrected chi connectivity index (χ2v) is 11.4. The zero-order chi connectivity index (χ0) is 29.0. The first-order valence-electron chi connectivity index (χ1n) is 13.2. The quantitative estimate of drug-likeness (QED) is 0.266. The Morgan fingerprint density at radius 3 is 1.92 bits per heavy atom. The van der Waals surface area contributed by atoms with E-state index in [-0.39, 0.29) is 17.3 Å². The maximum Gasteiger partial charge on any atom is 0.408 e. The zero-order valence-electron chi connectivity index (χ0n) is 23.4. The van der Waals surface area contributed by atoms with E-state index < -0.39 is 41.7 Å². The van der Waals surface area contributed by atoms with Gasteiger partial charge in [-0.05, 0) is 57.1 Å². The van der Waals surface area contributed by atoms with Gasteiger partial charge in [-0.15, -0.1) is 0 Å². The lowest BCUT2D eigenvalue weighted by Crippen LogP contribution is -2.56. The number of nitrogens with one attached hydrogen (secondary N) is 3. The molecule has 0 saturated carbocycles. The zero-order valence-corrected chi connectivity index (χ0v) is 24.2. The molecule has 2 aromatic rings. The average Bonchev–Trinajstić information content (AvgIpc) is 2.85. The molecule has 2 amide bonds. The van der Waals surface area contributed by atoms with Crippen LogP contribution in [0.3, 0.4) is 0 Å². The predicted octanol–water partition coefficient (Wildman–Crippen LogP) is 4.66. The van der Waals surface area contributed by atoms with Crippen molar-refractivity contribution in [3.05, 3.63) is 71.8 Å². The first-order chi connectivity index (χ1) is 18.3. The van der Waals surface area contributed by atoms with Crippen molar-refractivity contribution in [2.75, 3.05) is 0 Å². The third-order valence-corrected chi connectivity index (χ3v) is 6.21. The van der Waals surface area contributed by atoms with Crippen molar-refractivity contribution in [3.8, 4) is 0 Å². The SMILES string of the molecule is CC(C)C[C@H](NC(=O)[C@H](Cc1ccccc1)NC(=S)[C@@H](CCc1ccccc1)NC(=O)OC(C)(C)C)C(=O)O. The Balaban J connectivity index is 2.26. The summed E-state index contributed by atoms with van der Waals surface area (Å²) in [5.41, 5.74) is 1.26. The molecule has 0 unspecified atom stereocenters. The Hall–Kier alpha value is -3.46. The molecule has 0 aliphatic carbocycles. The van der Waals surface area contributed by atoms with Crippen LogP contribution in [0.5, 0.6) is 0 Å². The number of carboxylic acids is 1. The summed E-state index contributed by atoms with van der Waals surface area (Å²) in [5, 5.41) is 18.3. The molecular formula is C30H41N3O5S. The van der Waals surface area contributed by atoms with Crippen LogP contribution in [0.25, 0.3) is 0 Å². The second kappa shape index (κ2) is 15.2. The fourth-order valence-corrected chi connectivity index (χ4v) is 4.29. The third-order valence-electron chi connectivity index (χ3n) is 5.81. The van der Waals surface area contributed by atoms with Crippen LogP contribution in [-0.2, 0) is 27.2 Å². The summed E-state index contributed by atoms with van der Waals surface area (Å²) in [6.07, 6.45) is 1.06. The summed E-state index contributed by atoms with van der Waals surface area (Å²) in [7, 11) is 0. The lowest BCUT2D eigenvalue weighted by molar-refractivity contribution is -0.142. The highest BCUT2D eigenvalue weighted by Crippen LogP contribution is 2.12.